The number of fused-ring (bicyclic) bond motifs is 5. The Bertz CT molecular complexity index is 841. The Hall–Kier alpha value is -0.830. The maximum absolute atomic E-state index is 13.3. The number of hydrogen-bond donors (Lipinski definition) is 6. The quantitative estimate of drug-likeness (QED) is 0.340. The van der Waals surface area contributed by atoms with E-state index in [-0.39, 0.29) is 36.6 Å². The second kappa shape index (κ2) is 8.63. The third-order valence-electron chi connectivity index (χ3n) is 11.0. The van der Waals surface area contributed by atoms with Crippen LogP contribution in [-0.2, 0) is 4.79 Å². The molecule has 0 aromatic carbocycles. The molecule has 0 radical (unpaired) electrons. The Morgan fingerprint density at radius 1 is 1.03 bits per heavy atom. The Kier molecular flexibility index (Phi) is 6.66. The van der Waals surface area contributed by atoms with Crippen molar-refractivity contribution >= 4 is 5.78 Å². The van der Waals surface area contributed by atoms with E-state index in [9.17, 15) is 35.4 Å². The fourth-order valence-corrected chi connectivity index (χ4v) is 8.76. The van der Waals surface area contributed by atoms with Crippen LogP contribution in [-0.4, -0.2) is 73.0 Å². The van der Waals surface area contributed by atoms with Crippen LogP contribution in [0.5, 0.6) is 0 Å². The van der Waals surface area contributed by atoms with Gasteiger partial charge in [0.2, 0.25) is 0 Å². The topological polar surface area (TPSA) is 138 Å². The van der Waals surface area contributed by atoms with Gasteiger partial charge in [-0.2, -0.15) is 0 Å². The highest BCUT2D eigenvalue weighted by molar-refractivity contribution is 5.95. The monoisotopic (exact) mass is 480 g/mol. The molecule has 194 valence electrons. The zero-order valence-electron chi connectivity index (χ0n) is 21.1. The predicted molar refractivity (Wildman–Crippen MR) is 127 cm³/mol. The first-order chi connectivity index (χ1) is 15.8. The van der Waals surface area contributed by atoms with E-state index in [1.807, 2.05) is 20.8 Å². The van der Waals surface area contributed by atoms with Crippen LogP contribution in [0.3, 0.4) is 0 Å². The SMILES string of the molecule is CC(CO)CCC(O)C1(C(C)O)CCC2(O)C3=CC(=O)C4CC(O)C(O)CC4(C)C3CCC21C. The lowest BCUT2D eigenvalue weighted by molar-refractivity contribution is -0.194. The zero-order chi connectivity index (χ0) is 25.3. The molecule has 4 aliphatic carbocycles. The molecule has 0 spiro atoms. The summed E-state index contributed by atoms with van der Waals surface area (Å²) in [6.45, 7) is 7.62. The van der Waals surface area contributed by atoms with Gasteiger partial charge in [0.25, 0.3) is 0 Å². The summed E-state index contributed by atoms with van der Waals surface area (Å²) in [6.07, 6.45) is 1.69. The second-order valence-electron chi connectivity index (χ2n) is 12.5. The van der Waals surface area contributed by atoms with Crippen molar-refractivity contribution in [3.8, 4) is 0 Å². The van der Waals surface area contributed by atoms with Gasteiger partial charge in [0, 0.05) is 23.4 Å². The van der Waals surface area contributed by atoms with Gasteiger partial charge in [-0.3, -0.25) is 4.79 Å². The molecule has 0 aromatic heterocycles. The van der Waals surface area contributed by atoms with Crippen LogP contribution in [0.15, 0.2) is 11.6 Å². The van der Waals surface area contributed by atoms with Crippen molar-refractivity contribution in [2.24, 2.45) is 34.0 Å². The van der Waals surface area contributed by atoms with Crippen LogP contribution in [0, 0.1) is 34.0 Å². The van der Waals surface area contributed by atoms with Crippen LogP contribution in [0.2, 0.25) is 0 Å². The molecule has 11 unspecified atom stereocenters. The molecule has 34 heavy (non-hydrogen) atoms. The molecule has 7 nitrogen and oxygen atoms in total. The third kappa shape index (κ3) is 3.34. The number of ketones is 1. The molecule has 0 saturated heterocycles. The number of rotatable bonds is 6. The van der Waals surface area contributed by atoms with Gasteiger partial charge >= 0.3 is 0 Å². The van der Waals surface area contributed by atoms with Gasteiger partial charge in [-0.1, -0.05) is 20.8 Å². The molecule has 3 fully saturated rings. The van der Waals surface area contributed by atoms with Crippen molar-refractivity contribution in [1.29, 1.82) is 0 Å². The molecule has 0 bridgehead atoms. The number of aliphatic hydroxyl groups excluding tert-OH is 5. The van der Waals surface area contributed by atoms with Gasteiger partial charge in [0.05, 0.1) is 30.0 Å². The third-order valence-corrected chi connectivity index (χ3v) is 11.0. The first-order valence-corrected chi connectivity index (χ1v) is 13.1. The fourth-order valence-electron chi connectivity index (χ4n) is 8.76. The minimum absolute atomic E-state index is 0.0343. The van der Waals surface area contributed by atoms with Gasteiger partial charge in [0.1, 0.15) is 0 Å². The highest BCUT2D eigenvalue weighted by atomic mass is 16.3. The van der Waals surface area contributed by atoms with Crippen LogP contribution < -0.4 is 0 Å². The highest BCUT2D eigenvalue weighted by Gasteiger charge is 2.73. The molecule has 11 atom stereocenters. The molecule has 0 amide bonds. The van der Waals surface area contributed by atoms with Crippen molar-refractivity contribution < 1.29 is 35.4 Å². The number of hydrogen-bond acceptors (Lipinski definition) is 7. The molecular weight excluding hydrogens is 436 g/mol. The number of allylic oxidation sites excluding steroid dienone is 1. The van der Waals surface area contributed by atoms with Gasteiger partial charge in [0.15, 0.2) is 5.78 Å². The Labute approximate surface area is 202 Å². The Morgan fingerprint density at radius 3 is 2.32 bits per heavy atom. The molecule has 0 aliphatic heterocycles. The summed E-state index contributed by atoms with van der Waals surface area (Å²) < 4.78 is 0. The Balaban J connectivity index is 1.75. The summed E-state index contributed by atoms with van der Waals surface area (Å²) in [5.41, 5.74) is -2.99. The lowest BCUT2D eigenvalue weighted by Gasteiger charge is -2.62. The number of carbonyl (C=O) groups excluding carboxylic acids is 1. The molecule has 6 N–H and O–H groups in total. The van der Waals surface area contributed by atoms with Crippen molar-refractivity contribution in [1.82, 2.24) is 0 Å². The van der Waals surface area contributed by atoms with E-state index in [0.29, 0.717) is 50.5 Å². The molecular formula is C27H44O7. The van der Waals surface area contributed by atoms with Gasteiger partial charge < -0.3 is 30.6 Å². The smallest absolute Gasteiger partial charge is 0.159 e. The van der Waals surface area contributed by atoms with Crippen LogP contribution in [0.1, 0.15) is 79.1 Å². The van der Waals surface area contributed by atoms with E-state index in [0.717, 1.165) is 0 Å². The first-order valence-electron chi connectivity index (χ1n) is 13.1. The lowest BCUT2D eigenvalue weighted by atomic mass is 9.43. The molecule has 4 aliphatic rings. The van der Waals surface area contributed by atoms with Crippen LogP contribution in [0.25, 0.3) is 0 Å². The second-order valence-corrected chi connectivity index (χ2v) is 12.5. The van der Waals surface area contributed by atoms with E-state index >= 15 is 0 Å². The molecule has 4 rings (SSSR count). The highest BCUT2D eigenvalue weighted by Crippen LogP contribution is 2.72. The average molecular weight is 481 g/mol. The maximum atomic E-state index is 13.3. The van der Waals surface area contributed by atoms with Crippen molar-refractivity contribution in [3.05, 3.63) is 11.6 Å². The van der Waals surface area contributed by atoms with E-state index in [2.05, 4.69) is 0 Å². The van der Waals surface area contributed by atoms with Crippen LogP contribution >= 0.6 is 0 Å². The summed E-state index contributed by atoms with van der Waals surface area (Å²) in [5.74, 6) is -0.565. The minimum atomic E-state index is -1.35. The van der Waals surface area contributed by atoms with E-state index < -0.39 is 46.3 Å². The summed E-state index contributed by atoms with van der Waals surface area (Å²) in [7, 11) is 0. The zero-order valence-corrected chi connectivity index (χ0v) is 21.1. The number of aliphatic hydroxyl groups is 6. The molecule has 7 heteroatoms. The fraction of sp³-hybridized carbons (Fsp3) is 0.889. The summed E-state index contributed by atoms with van der Waals surface area (Å²) in [4.78, 5) is 13.3. The van der Waals surface area contributed by atoms with Gasteiger partial charge in [-0.25, -0.2) is 0 Å². The van der Waals surface area contributed by atoms with E-state index in [4.69, 9.17) is 0 Å². The first kappa shape index (κ1) is 26.2. The molecule has 0 aromatic rings. The molecule has 0 heterocycles. The van der Waals surface area contributed by atoms with Gasteiger partial charge in [-0.05, 0) is 87.2 Å². The normalized spacial score (nSPS) is 48.9. The largest absolute Gasteiger partial charge is 0.396 e. The summed E-state index contributed by atoms with van der Waals surface area (Å²) >= 11 is 0. The predicted octanol–water partition coefficient (Wildman–Crippen LogP) is 1.71. The van der Waals surface area contributed by atoms with Crippen molar-refractivity contribution in [2.75, 3.05) is 6.61 Å². The van der Waals surface area contributed by atoms with Crippen molar-refractivity contribution in [3.63, 3.8) is 0 Å². The standard InChI is InChI=1S/C27H44O7/c1-15(14-28)5-6-23(33)26(16(2)29)9-10-27(34)18-11-20(30)19-12-21(31)22(32)13-24(19,3)17(18)7-8-25(26,27)4/h11,15-17,19,21-23,28-29,31-34H,5-10,12-14H2,1-4H3. The average Bonchev–Trinajstić information content (AvgIpc) is 3.03. The van der Waals surface area contributed by atoms with Crippen molar-refractivity contribution in [2.45, 2.75) is 109 Å². The number of carbonyl (C=O) groups is 1. The summed E-state index contributed by atoms with van der Waals surface area (Å²) in [5, 5.41) is 65.1. The van der Waals surface area contributed by atoms with E-state index in [1.54, 1.807) is 13.0 Å². The summed E-state index contributed by atoms with van der Waals surface area (Å²) in [6, 6.07) is 0. The molecule has 3 saturated carbocycles. The minimum Gasteiger partial charge on any atom is -0.396 e. The van der Waals surface area contributed by atoms with Crippen LogP contribution in [0.4, 0.5) is 0 Å². The maximum Gasteiger partial charge on any atom is 0.159 e. The lowest BCUT2D eigenvalue weighted by Crippen LogP contribution is -2.65. The van der Waals surface area contributed by atoms with E-state index in [1.165, 1.54) is 0 Å². The Morgan fingerprint density at radius 2 is 1.71 bits per heavy atom. The van der Waals surface area contributed by atoms with Gasteiger partial charge in [-0.15, -0.1) is 0 Å².